The molecule has 318 valence electrons. The van der Waals surface area contributed by atoms with E-state index in [2.05, 4.69) is 113 Å². The van der Waals surface area contributed by atoms with Crippen LogP contribution in [0.3, 0.4) is 0 Å². The molecule has 0 N–H and O–H groups in total. The van der Waals surface area contributed by atoms with Gasteiger partial charge in [-0.15, -0.1) is 0 Å². The summed E-state index contributed by atoms with van der Waals surface area (Å²) in [4.78, 5) is 4.50. The van der Waals surface area contributed by atoms with Crippen molar-refractivity contribution in [2.45, 2.75) is 176 Å². The van der Waals surface area contributed by atoms with E-state index in [1.807, 2.05) is 0 Å². The van der Waals surface area contributed by atoms with Crippen LogP contribution in [0.5, 0.6) is 23.0 Å². The van der Waals surface area contributed by atoms with Gasteiger partial charge in [0.1, 0.15) is 23.0 Å². The molecule has 4 aromatic rings. The van der Waals surface area contributed by atoms with E-state index in [1.54, 1.807) is 23.5 Å². The predicted molar refractivity (Wildman–Crippen MR) is 250 cm³/mol. The number of hydrogen-bond donors (Lipinski definition) is 0. The monoisotopic (exact) mass is 827 g/mol. The summed E-state index contributed by atoms with van der Waals surface area (Å²) in [6.45, 7) is 11.8. The molecule has 0 heterocycles. The molecule has 0 atom stereocenters. The topological polar surface area (TPSA) is 36.9 Å². The lowest BCUT2D eigenvalue weighted by atomic mass is 10.0. The van der Waals surface area contributed by atoms with Gasteiger partial charge < -0.3 is 18.9 Å². The van der Waals surface area contributed by atoms with Crippen molar-refractivity contribution in [1.29, 1.82) is 0 Å². The van der Waals surface area contributed by atoms with E-state index in [9.17, 15) is 0 Å². The third kappa shape index (κ3) is 18.0. The van der Waals surface area contributed by atoms with Gasteiger partial charge in [0.05, 0.1) is 36.2 Å². The van der Waals surface area contributed by atoms with Gasteiger partial charge in [0.2, 0.25) is 0 Å². The van der Waals surface area contributed by atoms with E-state index in [1.165, 1.54) is 113 Å². The SMILES string of the molecule is CCCCCCCOc1cc(-c2cc(OCCCCCCC)c(Sc3ccccc3)cc2OCCCCCCC)c(OCCCCCCC)cc1Sc1ccccc1. The predicted octanol–water partition coefficient (Wildman–Crippen LogP) is 17.1. The van der Waals surface area contributed by atoms with E-state index in [0.717, 1.165) is 69.6 Å². The maximum absolute atomic E-state index is 6.83. The van der Waals surface area contributed by atoms with Crippen LogP contribution in [0.1, 0.15) is 156 Å². The Morgan fingerprint density at radius 2 is 0.621 bits per heavy atom. The highest BCUT2D eigenvalue weighted by Crippen LogP contribution is 2.49. The molecule has 0 saturated heterocycles. The maximum atomic E-state index is 6.83. The van der Waals surface area contributed by atoms with Crippen LogP contribution in [0, 0.1) is 0 Å². The van der Waals surface area contributed by atoms with Crippen LogP contribution in [-0.4, -0.2) is 26.4 Å². The van der Waals surface area contributed by atoms with E-state index in [0.29, 0.717) is 26.4 Å². The van der Waals surface area contributed by atoms with Crippen molar-refractivity contribution >= 4 is 23.5 Å². The molecule has 4 nitrogen and oxygen atoms in total. The Morgan fingerprint density at radius 3 is 0.931 bits per heavy atom. The van der Waals surface area contributed by atoms with Gasteiger partial charge in [-0.2, -0.15) is 0 Å². The van der Waals surface area contributed by atoms with Gasteiger partial charge in [0.15, 0.2) is 0 Å². The van der Waals surface area contributed by atoms with Gasteiger partial charge >= 0.3 is 0 Å². The fourth-order valence-corrected chi connectivity index (χ4v) is 8.77. The number of rotatable bonds is 33. The summed E-state index contributed by atoms with van der Waals surface area (Å²) in [5.41, 5.74) is 1.99. The molecular formula is C52H74O4S2. The molecule has 0 radical (unpaired) electrons. The molecule has 0 bridgehead atoms. The molecule has 0 aliphatic carbocycles. The molecule has 6 heteroatoms. The molecule has 4 rings (SSSR count). The first-order chi connectivity index (χ1) is 28.7. The van der Waals surface area contributed by atoms with Crippen molar-refractivity contribution in [2.24, 2.45) is 0 Å². The second-order valence-corrected chi connectivity index (χ2v) is 17.7. The van der Waals surface area contributed by atoms with Gasteiger partial charge in [-0.25, -0.2) is 0 Å². The maximum Gasteiger partial charge on any atom is 0.134 e. The highest BCUT2D eigenvalue weighted by molar-refractivity contribution is 7.99. The highest BCUT2D eigenvalue weighted by Gasteiger charge is 2.22. The van der Waals surface area contributed by atoms with E-state index in [4.69, 9.17) is 18.9 Å². The van der Waals surface area contributed by atoms with E-state index < -0.39 is 0 Å². The van der Waals surface area contributed by atoms with Gasteiger partial charge in [-0.1, -0.05) is 190 Å². The van der Waals surface area contributed by atoms with Crippen LogP contribution in [0.25, 0.3) is 11.1 Å². The van der Waals surface area contributed by atoms with Crippen molar-refractivity contribution in [2.75, 3.05) is 26.4 Å². The van der Waals surface area contributed by atoms with Crippen LogP contribution in [0.4, 0.5) is 0 Å². The average Bonchev–Trinajstić information content (AvgIpc) is 3.25. The number of hydrogen-bond acceptors (Lipinski definition) is 6. The summed E-state index contributed by atoms with van der Waals surface area (Å²) in [6.07, 6.45) is 23.8. The zero-order valence-corrected chi connectivity index (χ0v) is 38.1. The summed E-state index contributed by atoms with van der Waals surface area (Å²) in [5.74, 6) is 3.51. The molecule has 0 spiro atoms. The standard InChI is InChI=1S/C52H74O4S2/c1-5-9-13-17-27-35-53-47-41-51(57-43-31-23-21-24-32-43)49(55-37-29-19-15-11-7-3)39-45(47)46-40-50(56-38-30-20-16-12-8-4)52(58-44-33-25-22-26-34-44)42-48(46)54-36-28-18-14-10-6-2/h21-26,31-34,39-42H,5-20,27-30,35-38H2,1-4H3. The minimum atomic E-state index is 0.667. The summed E-state index contributed by atoms with van der Waals surface area (Å²) < 4.78 is 27.2. The lowest BCUT2D eigenvalue weighted by Gasteiger charge is -2.22. The quantitative estimate of drug-likeness (QED) is 0.0445. The van der Waals surface area contributed by atoms with Crippen molar-refractivity contribution in [3.05, 3.63) is 84.9 Å². The molecule has 4 aromatic carbocycles. The number of ether oxygens (including phenoxy) is 4. The molecule has 0 aromatic heterocycles. The molecule has 0 saturated carbocycles. The molecule has 0 amide bonds. The Bertz CT molecular complexity index is 1520. The van der Waals surface area contributed by atoms with Crippen LogP contribution < -0.4 is 18.9 Å². The van der Waals surface area contributed by atoms with Crippen LogP contribution >= 0.6 is 23.5 Å². The molecule has 0 aliphatic heterocycles. The Morgan fingerprint density at radius 1 is 0.328 bits per heavy atom. The van der Waals surface area contributed by atoms with E-state index >= 15 is 0 Å². The Labute approximate surface area is 362 Å². The largest absolute Gasteiger partial charge is 0.493 e. The summed E-state index contributed by atoms with van der Waals surface area (Å²) in [6, 6.07) is 30.1. The minimum absolute atomic E-state index is 0.667. The Hall–Kier alpha value is -3.22. The summed E-state index contributed by atoms with van der Waals surface area (Å²) in [5, 5.41) is 0. The molecule has 58 heavy (non-hydrogen) atoms. The minimum Gasteiger partial charge on any atom is -0.493 e. The molecule has 0 fully saturated rings. The lowest BCUT2D eigenvalue weighted by molar-refractivity contribution is 0.288. The first kappa shape index (κ1) is 47.5. The number of unbranched alkanes of at least 4 members (excludes halogenated alkanes) is 16. The molecular weight excluding hydrogens is 753 g/mol. The number of benzene rings is 4. The summed E-state index contributed by atoms with van der Waals surface area (Å²) in [7, 11) is 0. The second-order valence-electron chi connectivity index (χ2n) is 15.5. The average molecular weight is 827 g/mol. The van der Waals surface area contributed by atoms with Crippen molar-refractivity contribution in [3.63, 3.8) is 0 Å². The van der Waals surface area contributed by atoms with Crippen LogP contribution in [0.15, 0.2) is 105 Å². The summed E-state index contributed by atoms with van der Waals surface area (Å²) >= 11 is 3.49. The first-order valence-electron chi connectivity index (χ1n) is 23.0. The highest BCUT2D eigenvalue weighted by atomic mass is 32.2. The fourth-order valence-electron chi connectivity index (χ4n) is 6.91. The second kappa shape index (κ2) is 29.9. The smallest absolute Gasteiger partial charge is 0.134 e. The zero-order chi connectivity index (χ0) is 40.9. The van der Waals surface area contributed by atoms with Gasteiger partial charge in [0, 0.05) is 20.9 Å². The Balaban J connectivity index is 1.81. The van der Waals surface area contributed by atoms with Crippen LogP contribution in [0.2, 0.25) is 0 Å². The van der Waals surface area contributed by atoms with E-state index in [-0.39, 0.29) is 0 Å². The van der Waals surface area contributed by atoms with Crippen LogP contribution in [-0.2, 0) is 0 Å². The Kier molecular flexibility index (Phi) is 24.5. The molecule has 0 unspecified atom stereocenters. The first-order valence-corrected chi connectivity index (χ1v) is 24.6. The van der Waals surface area contributed by atoms with Gasteiger partial charge in [0.25, 0.3) is 0 Å². The third-order valence-electron chi connectivity index (χ3n) is 10.3. The zero-order valence-electron chi connectivity index (χ0n) is 36.5. The third-order valence-corrected chi connectivity index (χ3v) is 12.4. The van der Waals surface area contributed by atoms with Crippen molar-refractivity contribution in [3.8, 4) is 34.1 Å². The normalized spacial score (nSPS) is 11.2. The van der Waals surface area contributed by atoms with Crippen molar-refractivity contribution in [1.82, 2.24) is 0 Å². The van der Waals surface area contributed by atoms with Gasteiger partial charge in [-0.3, -0.25) is 0 Å². The lowest BCUT2D eigenvalue weighted by Crippen LogP contribution is -2.05. The van der Waals surface area contributed by atoms with Gasteiger partial charge in [-0.05, 0) is 74.2 Å². The molecule has 0 aliphatic rings. The fraction of sp³-hybridized carbons (Fsp3) is 0.538. The van der Waals surface area contributed by atoms with Crippen molar-refractivity contribution < 1.29 is 18.9 Å².